The standard InChI is InChI=1S/C12H7FN6O2/c13-8-1-2-10(19(20)21)7(3-8)6-18-11(5-15)9(4-14)17-12(18)16/h1-3H,6H2,(H2,16,17). The van der Waals surface area contributed by atoms with Gasteiger partial charge in [-0.25, -0.2) is 9.37 Å². The lowest BCUT2D eigenvalue weighted by Crippen LogP contribution is -2.09. The molecule has 0 aliphatic rings. The first kappa shape index (κ1) is 14.0. The summed E-state index contributed by atoms with van der Waals surface area (Å²) in [6.07, 6.45) is 0. The van der Waals surface area contributed by atoms with Gasteiger partial charge in [-0.1, -0.05) is 0 Å². The number of halogens is 1. The molecule has 2 rings (SSSR count). The lowest BCUT2D eigenvalue weighted by Gasteiger charge is -2.07. The number of hydrogen-bond acceptors (Lipinski definition) is 6. The molecule has 0 spiro atoms. The molecule has 8 nitrogen and oxygen atoms in total. The summed E-state index contributed by atoms with van der Waals surface area (Å²) in [6, 6.07) is 6.42. The van der Waals surface area contributed by atoms with Crippen LogP contribution in [0.15, 0.2) is 18.2 Å². The van der Waals surface area contributed by atoms with Crippen molar-refractivity contribution in [2.24, 2.45) is 0 Å². The van der Waals surface area contributed by atoms with Crippen LogP contribution in [0.4, 0.5) is 16.0 Å². The van der Waals surface area contributed by atoms with Crippen molar-refractivity contribution in [2.45, 2.75) is 6.54 Å². The predicted octanol–water partition coefficient (Wildman–Crippen LogP) is 1.30. The molecular weight excluding hydrogens is 279 g/mol. The molecule has 0 atom stereocenters. The minimum atomic E-state index is -0.668. The zero-order valence-electron chi connectivity index (χ0n) is 10.4. The highest BCUT2D eigenvalue weighted by Gasteiger charge is 2.20. The average molecular weight is 286 g/mol. The summed E-state index contributed by atoms with van der Waals surface area (Å²) < 4.78 is 14.4. The Morgan fingerprint density at radius 3 is 2.71 bits per heavy atom. The Hall–Kier alpha value is -3.46. The Morgan fingerprint density at radius 2 is 2.14 bits per heavy atom. The molecule has 0 saturated heterocycles. The summed E-state index contributed by atoms with van der Waals surface area (Å²) >= 11 is 0. The maximum atomic E-state index is 13.3. The number of nitrogen functional groups attached to an aromatic ring is 1. The molecule has 21 heavy (non-hydrogen) atoms. The maximum Gasteiger partial charge on any atom is 0.274 e. The van der Waals surface area contributed by atoms with E-state index < -0.39 is 10.7 Å². The van der Waals surface area contributed by atoms with Gasteiger partial charge >= 0.3 is 0 Å². The average Bonchev–Trinajstić information content (AvgIpc) is 2.74. The Kier molecular flexibility index (Phi) is 3.50. The highest BCUT2D eigenvalue weighted by Crippen LogP contribution is 2.23. The number of nitro groups is 1. The second-order valence-corrected chi connectivity index (χ2v) is 4.01. The number of rotatable bonds is 3. The number of nitrogens with zero attached hydrogens (tertiary/aromatic N) is 5. The molecule has 0 bridgehead atoms. The first-order valence-corrected chi connectivity index (χ1v) is 5.57. The second-order valence-electron chi connectivity index (χ2n) is 4.01. The Bertz CT molecular complexity index is 814. The summed E-state index contributed by atoms with van der Waals surface area (Å²) in [7, 11) is 0. The fraction of sp³-hybridized carbons (Fsp3) is 0.0833. The van der Waals surface area contributed by atoms with Gasteiger partial charge in [-0.2, -0.15) is 10.5 Å². The summed E-state index contributed by atoms with van der Waals surface area (Å²) in [5.74, 6) is -0.810. The van der Waals surface area contributed by atoms with E-state index in [4.69, 9.17) is 16.3 Å². The Balaban J connectivity index is 2.56. The van der Waals surface area contributed by atoms with Gasteiger partial charge in [-0.15, -0.1) is 0 Å². The number of nitriles is 2. The molecule has 0 radical (unpaired) electrons. The molecule has 2 N–H and O–H groups in total. The van der Waals surface area contributed by atoms with Crippen molar-refractivity contribution in [3.05, 3.63) is 51.1 Å². The number of anilines is 1. The van der Waals surface area contributed by atoms with Gasteiger partial charge in [0.25, 0.3) is 5.69 Å². The summed E-state index contributed by atoms with van der Waals surface area (Å²) in [5.41, 5.74) is 4.98. The van der Waals surface area contributed by atoms with Gasteiger partial charge in [-0.3, -0.25) is 14.7 Å². The summed E-state index contributed by atoms with van der Waals surface area (Å²) in [6.45, 7) is -0.239. The molecule has 0 amide bonds. The highest BCUT2D eigenvalue weighted by atomic mass is 19.1. The molecule has 1 aromatic heterocycles. The summed E-state index contributed by atoms with van der Waals surface area (Å²) in [5, 5.41) is 28.8. The normalized spacial score (nSPS) is 9.86. The summed E-state index contributed by atoms with van der Waals surface area (Å²) in [4.78, 5) is 14.0. The van der Waals surface area contributed by atoms with Crippen molar-refractivity contribution in [3.8, 4) is 12.1 Å². The van der Waals surface area contributed by atoms with E-state index >= 15 is 0 Å². The zero-order valence-corrected chi connectivity index (χ0v) is 10.4. The minimum absolute atomic E-state index is 0.0186. The first-order valence-electron chi connectivity index (χ1n) is 5.57. The minimum Gasteiger partial charge on any atom is -0.369 e. The van der Waals surface area contributed by atoms with Gasteiger partial charge in [0, 0.05) is 6.07 Å². The molecule has 0 aliphatic carbocycles. The monoisotopic (exact) mass is 286 g/mol. The van der Waals surface area contributed by atoms with Crippen LogP contribution in [-0.2, 0) is 6.54 Å². The lowest BCUT2D eigenvalue weighted by molar-refractivity contribution is -0.385. The van der Waals surface area contributed by atoms with Gasteiger partial charge < -0.3 is 5.73 Å². The Labute approximate surface area is 117 Å². The highest BCUT2D eigenvalue weighted by molar-refractivity contribution is 5.46. The van der Waals surface area contributed by atoms with Crippen LogP contribution in [0.3, 0.4) is 0 Å². The topological polar surface area (TPSA) is 135 Å². The van der Waals surface area contributed by atoms with Crippen LogP contribution in [0.2, 0.25) is 0 Å². The number of hydrogen-bond donors (Lipinski definition) is 1. The number of aromatic nitrogens is 2. The van der Waals surface area contributed by atoms with E-state index in [0.717, 1.165) is 22.8 Å². The number of nitrogens with two attached hydrogens (primary N) is 1. The van der Waals surface area contributed by atoms with Crippen LogP contribution >= 0.6 is 0 Å². The molecule has 1 aromatic carbocycles. The smallest absolute Gasteiger partial charge is 0.274 e. The van der Waals surface area contributed by atoms with Crippen molar-refractivity contribution >= 4 is 11.6 Å². The largest absolute Gasteiger partial charge is 0.369 e. The predicted molar refractivity (Wildman–Crippen MR) is 68.2 cm³/mol. The fourth-order valence-corrected chi connectivity index (χ4v) is 1.85. The van der Waals surface area contributed by atoms with Gasteiger partial charge in [0.05, 0.1) is 17.0 Å². The SMILES string of the molecule is N#Cc1nc(N)n(Cc2cc(F)ccc2[N+](=O)[O-])c1C#N. The van der Waals surface area contributed by atoms with Gasteiger partial charge in [0.2, 0.25) is 5.95 Å². The molecule has 0 aliphatic heterocycles. The molecular formula is C12H7FN6O2. The van der Waals surface area contributed by atoms with E-state index in [2.05, 4.69) is 4.98 Å². The van der Waals surface area contributed by atoms with Crippen molar-refractivity contribution in [1.82, 2.24) is 9.55 Å². The van der Waals surface area contributed by atoms with Crippen LogP contribution in [0.25, 0.3) is 0 Å². The molecule has 1 heterocycles. The van der Waals surface area contributed by atoms with Crippen molar-refractivity contribution in [2.75, 3.05) is 5.73 Å². The molecule has 9 heteroatoms. The van der Waals surface area contributed by atoms with Crippen LogP contribution in [0.1, 0.15) is 17.0 Å². The molecule has 0 unspecified atom stereocenters. The van der Waals surface area contributed by atoms with Crippen molar-refractivity contribution < 1.29 is 9.31 Å². The van der Waals surface area contributed by atoms with Gasteiger partial charge in [-0.05, 0) is 12.1 Å². The van der Waals surface area contributed by atoms with Gasteiger partial charge in [0.15, 0.2) is 11.4 Å². The number of nitro benzene ring substituents is 1. The Morgan fingerprint density at radius 1 is 1.43 bits per heavy atom. The van der Waals surface area contributed by atoms with Crippen molar-refractivity contribution in [3.63, 3.8) is 0 Å². The lowest BCUT2D eigenvalue weighted by atomic mass is 10.1. The van der Waals surface area contributed by atoms with E-state index in [1.165, 1.54) is 0 Å². The van der Waals surface area contributed by atoms with E-state index in [9.17, 15) is 14.5 Å². The zero-order chi connectivity index (χ0) is 15.6. The third-order valence-corrected chi connectivity index (χ3v) is 2.78. The fourth-order valence-electron chi connectivity index (χ4n) is 1.85. The third kappa shape index (κ3) is 2.48. The van der Waals surface area contributed by atoms with E-state index in [1.54, 1.807) is 12.1 Å². The van der Waals surface area contributed by atoms with Gasteiger partial charge in [0.1, 0.15) is 18.0 Å². The first-order chi connectivity index (χ1) is 9.97. The number of imidazole rings is 1. The molecule has 104 valence electrons. The molecule has 0 fully saturated rings. The van der Waals surface area contributed by atoms with Crippen LogP contribution in [0, 0.1) is 38.6 Å². The van der Waals surface area contributed by atoms with E-state index in [0.29, 0.717) is 0 Å². The second kappa shape index (κ2) is 5.27. The third-order valence-electron chi connectivity index (χ3n) is 2.78. The van der Waals surface area contributed by atoms with Crippen molar-refractivity contribution in [1.29, 1.82) is 10.5 Å². The number of benzene rings is 1. The van der Waals surface area contributed by atoms with E-state index in [1.807, 2.05) is 0 Å². The van der Waals surface area contributed by atoms with Crippen LogP contribution in [-0.4, -0.2) is 14.5 Å². The maximum absolute atomic E-state index is 13.3. The van der Waals surface area contributed by atoms with E-state index in [-0.39, 0.29) is 35.1 Å². The quantitative estimate of drug-likeness (QED) is 0.667. The van der Waals surface area contributed by atoms with Crippen LogP contribution < -0.4 is 5.73 Å². The molecule has 0 saturated carbocycles. The molecule has 2 aromatic rings. The van der Waals surface area contributed by atoms with Crippen LogP contribution in [0.5, 0.6) is 0 Å².